The fraction of sp³-hybridized carbons (Fsp3) is 0.294. The molecule has 1 saturated heterocycles. The summed E-state index contributed by atoms with van der Waals surface area (Å²) < 4.78 is 46.4. The maximum absolute atomic E-state index is 13.6. The highest BCUT2D eigenvalue weighted by Gasteiger charge is 2.37. The number of rotatable bonds is 4. The van der Waals surface area contributed by atoms with Gasteiger partial charge < -0.3 is 10.1 Å². The lowest BCUT2D eigenvalue weighted by atomic mass is 9.95. The Morgan fingerprint density at radius 3 is 2.29 bits per heavy atom. The molecule has 0 aromatic heterocycles. The van der Waals surface area contributed by atoms with E-state index in [0.717, 1.165) is 0 Å². The summed E-state index contributed by atoms with van der Waals surface area (Å²) in [7, 11) is 0. The van der Waals surface area contributed by atoms with Crippen molar-refractivity contribution in [2.45, 2.75) is 18.9 Å². The first-order chi connectivity index (χ1) is 11.0. The number of halogens is 5. The molecule has 0 radical (unpaired) electrons. The maximum atomic E-state index is 13.6. The number of benzene rings is 2. The first-order valence-corrected chi connectivity index (χ1v) is 7.61. The van der Waals surface area contributed by atoms with E-state index in [0.29, 0.717) is 23.7 Å². The largest absolute Gasteiger partial charge is 0.417 e. The Balaban J connectivity index is 0.00000208. The molecule has 0 saturated carbocycles. The third-order valence-corrected chi connectivity index (χ3v) is 4.15. The highest BCUT2D eigenvalue weighted by molar-refractivity contribution is 6.33. The van der Waals surface area contributed by atoms with E-state index in [-0.39, 0.29) is 36.2 Å². The average molecular weight is 378 g/mol. The average Bonchev–Trinajstić information content (AvgIpc) is 2.45. The predicted octanol–water partition coefficient (Wildman–Crippen LogP) is 4.94. The summed E-state index contributed by atoms with van der Waals surface area (Å²) >= 11 is 6.09. The van der Waals surface area contributed by atoms with Gasteiger partial charge in [0.2, 0.25) is 0 Å². The van der Waals surface area contributed by atoms with Crippen LogP contribution in [-0.4, -0.2) is 19.2 Å². The van der Waals surface area contributed by atoms with Crippen molar-refractivity contribution in [2.75, 3.05) is 13.1 Å². The quantitative estimate of drug-likeness (QED) is 0.814. The van der Waals surface area contributed by atoms with Gasteiger partial charge in [-0.2, -0.15) is 13.2 Å². The van der Waals surface area contributed by atoms with Crippen LogP contribution in [0.2, 0.25) is 5.02 Å². The Kier molecular flexibility index (Phi) is 6.15. The molecule has 0 atom stereocenters. The van der Waals surface area contributed by atoms with Crippen LogP contribution in [0, 0.1) is 0 Å². The smallest absolute Gasteiger partial charge is 0.371 e. The first-order valence-electron chi connectivity index (χ1n) is 7.23. The van der Waals surface area contributed by atoms with Gasteiger partial charge in [0.05, 0.1) is 18.3 Å². The molecule has 0 aliphatic carbocycles. The van der Waals surface area contributed by atoms with E-state index in [4.69, 9.17) is 16.3 Å². The number of ether oxygens (including phenoxy) is 1. The highest BCUT2D eigenvalue weighted by atomic mass is 35.5. The Morgan fingerprint density at radius 2 is 1.71 bits per heavy atom. The van der Waals surface area contributed by atoms with Crippen LogP contribution in [0.5, 0.6) is 0 Å². The maximum Gasteiger partial charge on any atom is 0.417 e. The van der Waals surface area contributed by atoms with Crippen molar-refractivity contribution < 1.29 is 17.9 Å². The van der Waals surface area contributed by atoms with Gasteiger partial charge in [-0.15, -0.1) is 12.4 Å². The lowest BCUT2D eigenvalue weighted by Gasteiger charge is -2.28. The topological polar surface area (TPSA) is 21.3 Å². The Morgan fingerprint density at radius 1 is 1.04 bits per heavy atom. The van der Waals surface area contributed by atoms with Gasteiger partial charge in [0, 0.05) is 23.7 Å². The molecule has 7 heteroatoms. The minimum atomic E-state index is -4.48. The molecule has 2 nitrogen and oxygen atoms in total. The normalized spacial score (nSPS) is 14.8. The van der Waals surface area contributed by atoms with Gasteiger partial charge in [0.15, 0.2) is 0 Å². The fourth-order valence-corrected chi connectivity index (χ4v) is 2.78. The van der Waals surface area contributed by atoms with Crippen LogP contribution in [0.3, 0.4) is 0 Å². The predicted molar refractivity (Wildman–Crippen MR) is 90.6 cm³/mol. The van der Waals surface area contributed by atoms with Crippen LogP contribution in [-0.2, 0) is 17.5 Å². The summed E-state index contributed by atoms with van der Waals surface area (Å²) in [6, 6.07) is 11.0. The highest BCUT2D eigenvalue weighted by Crippen LogP contribution is 2.41. The van der Waals surface area contributed by atoms with Gasteiger partial charge in [-0.25, -0.2) is 0 Å². The number of hydrogen-bond donors (Lipinski definition) is 1. The summed E-state index contributed by atoms with van der Waals surface area (Å²) in [6.07, 6.45) is -4.51. The van der Waals surface area contributed by atoms with Crippen molar-refractivity contribution in [3.05, 3.63) is 58.6 Å². The van der Waals surface area contributed by atoms with Crippen LogP contribution < -0.4 is 5.32 Å². The van der Waals surface area contributed by atoms with Crippen LogP contribution in [0.1, 0.15) is 11.1 Å². The molecule has 2 aromatic rings. The molecule has 1 heterocycles. The molecule has 1 N–H and O–H groups in total. The molecule has 0 bridgehead atoms. The van der Waals surface area contributed by atoms with Crippen LogP contribution in [0.4, 0.5) is 13.2 Å². The van der Waals surface area contributed by atoms with E-state index in [9.17, 15) is 13.2 Å². The van der Waals surface area contributed by atoms with Gasteiger partial charge in [-0.3, -0.25) is 0 Å². The summed E-state index contributed by atoms with van der Waals surface area (Å²) in [5, 5.41) is 3.31. The number of nitrogens with one attached hydrogen (secondary N) is 1. The van der Waals surface area contributed by atoms with E-state index >= 15 is 0 Å². The molecule has 1 aliphatic rings. The molecule has 3 rings (SSSR count). The van der Waals surface area contributed by atoms with Crippen molar-refractivity contribution in [1.29, 1.82) is 0 Å². The molecule has 0 spiro atoms. The minimum Gasteiger partial charge on any atom is -0.371 e. The lowest BCUT2D eigenvalue weighted by Crippen LogP contribution is -2.48. The standard InChI is InChI=1S/C17H15ClF3NO.ClH/c18-15-7-2-1-5-13(15)14-6-3-4-11(16(14)17(19,20)21)10-23-12-8-22-9-12;/h1-7,12,22H,8-10H2;1H. The summed E-state index contributed by atoms with van der Waals surface area (Å²) in [5.74, 6) is 0. The first kappa shape index (κ1) is 19.1. The fourth-order valence-electron chi connectivity index (χ4n) is 2.55. The zero-order chi connectivity index (χ0) is 16.4. The van der Waals surface area contributed by atoms with Gasteiger partial charge in [-0.1, -0.05) is 48.0 Å². The minimum absolute atomic E-state index is 0. The van der Waals surface area contributed by atoms with Crippen LogP contribution >= 0.6 is 24.0 Å². The van der Waals surface area contributed by atoms with Crippen molar-refractivity contribution in [2.24, 2.45) is 0 Å². The monoisotopic (exact) mass is 377 g/mol. The van der Waals surface area contributed by atoms with Gasteiger partial charge in [0.25, 0.3) is 0 Å². The molecule has 0 amide bonds. The molecule has 130 valence electrons. The summed E-state index contributed by atoms with van der Waals surface area (Å²) in [4.78, 5) is 0. The van der Waals surface area contributed by atoms with Gasteiger partial charge >= 0.3 is 6.18 Å². The van der Waals surface area contributed by atoms with Crippen molar-refractivity contribution in [3.63, 3.8) is 0 Å². The van der Waals surface area contributed by atoms with Crippen molar-refractivity contribution in [3.8, 4) is 11.1 Å². The van der Waals surface area contributed by atoms with Crippen LogP contribution in [0.15, 0.2) is 42.5 Å². The van der Waals surface area contributed by atoms with Crippen molar-refractivity contribution in [1.82, 2.24) is 5.32 Å². The molecule has 1 aliphatic heterocycles. The second kappa shape index (κ2) is 7.74. The summed E-state index contributed by atoms with van der Waals surface area (Å²) in [6.45, 7) is 1.27. The molecular formula is C17H16Cl2F3NO. The van der Waals surface area contributed by atoms with E-state index in [1.165, 1.54) is 12.1 Å². The zero-order valence-electron chi connectivity index (χ0n) is 12.6. The van der Waals surface area contributed by atoms with Gasteiger partial charge in [-0.05, 0) is 17.2 Å². The van der Waals surface area contributed by atoms with E-state index in [2.05, 4.69) is 5.32 Å². The Labute approximate surface area is 149 Å². The number of hydrogen-bond acceptors (Lipinski definition) is 2. The number of alkyl halides is 3. The second-order valence-electron chi connectivity index (χ2n) is 5.41. The van der Waals surface area contributed by atoms with E-state index < -0.39 is 11.7 Å². The molecule has 24 heavy (non-hydrogen) atoms. The third-order valence-electron chi connectivity index (χ3n) is 3.82. The molecule has 2 aromatic carbocycles. The Hall–Kier alpha value is -1.27. The lowest BCUT2D eigenvalue weighted by molar-refractivity contribution is -0.138. The molecule has 0 unspecified atom stereocenters. The Bertz CT molecular complexity index is 702. The SMILES string of the molecule is Cl.FC(F)(F)c1c(COC2CNC2)cccc1-c1ccccc1Cl. The van der Waals surface area contributed by atoms with E-state index in [1.807, 2.05) is 0 Å². The van der Waals surface area contributed by atoms with E-state index in [1.54, 1.807) is 30.3 Å². The summed E-state index contributed by atoms with van der Waals surface area (Å²) in [5.41, 5.74) is -0.105. The third kappa shape index (κ3) is 4.03. The zero-order valence-corrected chi connectivity index (χ0v) is 14.1. The van der Waals surface area contributed by atoms with Gasteiger partial charge in [0.1, 0.15) is 0 Å². The second-order valence-corrected chi connectivity index (χ2v) is 5.82. The van der Waals surface area contributed by atoms with Crippen molar-refractivity contribution >= 4 is 24.0 Å². The van der Waals surface area contributed by atoms with Crippen LogP contribution in [0.25, 0.3) is 11.1 Å². The molecule has 1 fully saturated rings. The molecular weight excluding hydrogens is 362 g/mol.